The van der Waals surface area contributed by atoms with Crippen LogP contribution >= 0.6 is 0 Å². The third-order valence-electron chi connectivity index (χ3n) is 6.89. The second kappa shape index (κ2) is 7.78. The number of amides is 1. The molecule has 0 bridgehead atoms. The zero-order chi connectivity index (χ0) is 19.8. The molecule has 28 heavy (non-hydrogen) atoms. The maximum absolute atomic E-state index is 13.5. The Labute approximate surface area is 168 Å². The minimum Gasteiger partial charge on any atom is -0.495 e. The largest absolute Gasteiger partial charge is 0.495 e. The summed E-state index contributed by atoms with van der Waals surface area (Å²) >= 11 is 0. The van der Waals surface area contributed by atoms with Crippen LogP contribution in [0.15, 0.2) is 24.4 Å². The number of carbonyl (C=O) groups excluding carboxylic acids is 1. The Balaban J connectivity index is 1.71. The number of fused-ring (bicyclic) bond motifs is 1. The van der Waals surface area contributed by atoms with Gasteiger partial charge in [-0.3, -0.25) is 9.69 Å². The van der Waals surface area contributed by atoms with Crippen LogP contribution < -0.4 is 4.74 Å². The molecule has 2 aliphatic rings. The molecule has 5 heteroatoms. The Morgan fingerprint density at radius 1 is 1.14 bits per heavy atom. The van der Waals surface area contributed by atoms with Gasteiger partial charge in [0.25, 0.3) is 5.91 Å². The summed E-state index contributed by atoms with van der Waals surface area (Å²) < 4.78 is 7.95. The van der Waals surface area contributed by atoms with Gasteiger partial charge in [0.2, 0.25) is 0 Å². The van der Waals surface area contributed by atoms with Gasteiger partial charge >= 0.3 is 0 Å². The highest BCUT2D eigenvalue weighted by molar-refractivity contribution is 6.08. The molecule has 1 aliphatic heterocycles. The molecule has 2 atom stereocenters. The number of piperazine rings is 1. The predicted octanol–water partition coefficient (Wildman–Crippen LogP) is 4.00. The van der Waals surface area contributed by atoms with Crippen molar-refractivity contribution in [1.29, 1.82) is 0 Å². The van der Waals surface area contributed by atoms with Gasteiger partial charge in [0, 0.05) is 43.3 Å². The first-order valence-corrected chi connectivity index (χ1v) is 10.7. The van der Waals surface area contributed by atoms with Gasteiger partial charge in [0.15, 0.2) is 0 Å². The normalized spacial score (nSPS) is 24.2. The third kappa shape index (κ3) is 3.41. The topological polar surface area (TPSA) is 37.7 Å². The summed E-state index contributed by atoms with van der Waals surface area (Å²) in [6.07, 6.45) is 7.30. The van der Waals surface area contributed by atoms with Crippen molar-refractivity contribution in [3.63, 3.8) is 0 Å². The highest BCUT2D eigenvalue weighted by Gasteiger charge is 2.31. The standard InChI is InChI=1S/C23H33N3O2/c1-16-12-26(13-17(2)24(16)3)23(27)20-15-25(14-18-8-5-6-9-18)22-19(20)10-7-11-21(22)28-4/h7,10-11,15-18H,5-6,8-9,12-14H2,1-4H3. The van der Waals surface area contributed by atoms with E-state index in [0.29, 0.717) is 18.0 Å². The minimum absolute atomic E-state index is 0.148. The fourth-order valence-electron chi connectivity index (χ4n) is 5.02. The van der Waals surface area contributed by atoms with E-state index >= 15 is 0 Å². The summed E-state index contributed by atoms with van der Waals surface area (Å²) in [6.45, 7) is 6.92. The maximum atomic E-state index is 13.5. The minimum atomic E-state index is 0.148. The maximum Gasteiger partial charge on any atom is 0.256 e. The molecule has 5 nitrogen and oxygen atoms in total. The van der Waals surface area contributed by atoms with Gasteiger partial charge in [-0.15, -0.1) is 0 Å². The van der Waals surface area contributed by atoms with E-state index in [4.69, 9.17) is 4.74 Å². The quantitative estimate of drug-likeness (QED) is 0.801. The third-order valence-corrected chi connectivity index (χ3v) is 6.89. The number of ether oxygens (including phenoxy) is 1. The number of hydrogen-bond acceptors (Lipinski definition) is 3. The van der Waals surface area contributed by atoms with E-state index in [2.05, 4.69) is 42.6 Å². The first-order chi connectivity index (χ1) is 13.5. The lowest BCUT2D eigenvalue weighted by molar-refractivity contribution is 0.0415. The molecule has 1 aliphatic carbocycles. The molecule has 4 rings (SSSR count). The van der Waals surface area contributed by atoms with Crippen molar-refractivity contribution >= 4 is 16.8 Å². The summed E-state index contributed by atoms with van der Waals surface area (Å²) in [7, 11) is 3.86. The number of hydrogen-bond donors (Lipinski definition) is 0. The molecule has 2 heterocycles. The van der Waals surface area contributed by atoms with E-state index in [1.807, 2.05) is 17.0 Å². The fraction of sp³-hybridized carbons (Fsp3) is 0.609. The molecule has 2 aromatic rings. The van der Waals surface area contributed by atoms with Crippen molar-refractivity contribution in [3.8, 4) is 5.75 Å². The Morgan fingerprint density at radius 2 is 1.82 bits per heavy atom. The lowest BCUT2D eigenvalue weighted by atomic mass is 10.1. The summed E-state index contributed by atoms with van der Waals surface area (Å²) in [5, 5.41) is 1.02. The molecule has 1 aromatic heterocycles. The molecule has 2 fully saturated rings. The van der Waals surface area contributed by atoms with Gasteiger partial charge < -0.3 is 14.2 Å². The summed E-state index contributed by atoms with van der Waals surface area (Å²) in [5.74, 6) is 1.71. The van der Waals surface area contributed by atoms with Gasteiger partial charge in [0.05, 0.1) is 18.2 Å². The highest BCUT2D eigenvalue weighted by atomic mass is 16.5. The van der Waals surface area contributed by atoms with Crippen LogP contribution in [-0.4, -0.2) is 59.6 Å². The van der Waals surface area contributed by atoms with Crippen molar-refractivity contribution in [2.75, 3.05) is 27.2 Å². The molecular weight excluding hydrogens is 350 g/mol. The second-order valence-electron chi connectivity index (χ2n) is 8.78. The summed E-state index contributed by atoms with van der Waals surface area (Å²) in [6, 6.07) is 6.80. The second-order valence-corrected chi connectivity index (χ2v) is 8.78. The van der Waals surface area contributed by atoms with Crippen molar-refractivity contribution in [1.82, 2.24) is 14.4 Å². The van der Waals surface area contributed by atoms with E-state index in [1.54, 1.807) is 7.11 Å². The van der Waals surface area contributed by atoms with Gasteiger partial charge in [-0.2, -0.15) is 0 Å². The molecule has 1 aromatic carbocycles. The monoisotopic (exact) mass is 383 g/mol. The predicted molar refractivity (Wildman–Crippen MR) is 113 cm³/mol. The highest BCUT2D eigenvalue weighted by Crippen LogP contribution is 2.34. The zero-order valence-electron chi connectivity index (χ0n) is 17.6. The Bertz CT molecular complexity index is 841. The number of likely N-dealkylation sites (N-methyl/N-ethyl adjacent to an activating group) is 1. The molecule has 0 spiro atoms. The molecule has 152 valence electrons. The van der Waals surface area contributed by atoms with E-state index < -0.39 is 0 Å². The number of methoxy groups -OCH3 is 1. The molecule has 2 unspecified atom stereocenters. The van der Waals surface area contributed by atoms with E-state index in [9.17, 15) is 4.79 Å². The average molecular weight is 384 g/mol. The molecule has 1 amide bonds. The number of carbonyl (C=O) groups is 1. The van der Waals surface area contributed by atoms with Crippen molar-refractivity contribution in [3.05, 3.63) is 30.0 Å². The van der Waals surface area contributed by atoms with Crippen LogP contribution in [-0.2, 0) is 6.54 Å². The van der Waals surface area contributed by atoms with Crippen molar-refractivity contribution < 1.29 is 9.53 Å². The van der Waals surface area contributed by atoms with Gasteiger partial charge in [-0.05, 0) is 45.7 Å². The molecule has 0 N–H and O–H groups in total. The van der Waals surface area contributed by atoms with Gasteiger partial charge in [-0.25, -0.2) is 0 Å². The summed E-state index contributed by atoms with van der Waals surface area (Å²) in [4.78, 5) is 17.9. The molecule has 1 saturated heterocycles. The Hall–Kier alpha value is -2.01. The van der Waals surface area contributed by atoms with Crippen LogP contribution in [0.1, 0.15) is 49.9 Å². The fourth-order valence-corrected chi connectivity index (χ4v) is 5.02. The number of aromatic nitrogens is 1. The van der Waals surface area contributed by atoms with Crippen molar-refractivity contribution in [2.45, 2.75) is 58.2 Å². The van der Waals surface area contributed by atoms with E-state index in [1.165, 1.54) is 25.7 Å². The SMILES string of the molecule is COc1cccc2c(C(=O)N3CC(C)N(C)C(C)C3)cn(CC3CCCC3)c12. The first kappa shape index (κ1) is 19.3. The summed E-state index contributed by atoms with van der Waals surface area (Å²) in [5.41, 5.74) is 1.88. The van der Waals surface area contributed by atoms with E-state index in [0.717, 1.165) is 41.9 Å². The Morgan fingerprint density at radius 3 is 2.46 bits per heavy atom. The van der Waals surface area contributed by atoms with Crippen LogP contribution in [0.25, 0.3) is 10.9 Å². The number of para-hydroxylation sites is 1. The van der Waals surface area contributed by atoms with Gasteiger partial charge in [0.1, 0.15) is 5.75 Å². The van der Waals surface area contributed by atoms with Crippen LogP contribution in [0, 0.1) is 5.92 Å². The molecule has 0 radical (unpaired) electrons. The lowest BCUT2D eigenvalue weighted by Crippen LogP contribution is -2.56. The smallest absolute Gasteiger partial charge is 0.256 e. The molecular formula is C23H33N3O2. The van der Waals surface area contributed by atoms with E-state index in [-0.39, 0.29) is 5.91 Å². The zero-order valence-corrected chi connectivity index (χ0v) is 17.6. The van der Waals surface area contributed by atoms with Crippen LogP contribution in [0.4, 0.5) is 0 Å². The number of benzene rings is 1. The van der Waals surface area contributed by atoms with Gasteiger partial charge in [-0.1, -0.05) is 25.0 Å². The first-order valence-electron chi connectivity index (χ1n) is 10.7. The Kier molecular flexibility index (Phi) is 5.37. The number of nitrogens with zero attached hydrogens (tertiary/aromatic N) is 3. The number of rotatable bonds is 4. The average Bonchev–Trinajstić information content (AvgIpc) is 3.33. The van der Waals surface area contributed by atoms with Crippen LogP contribution in [0.5, 0.6) is 5.75 Å². The lowest BCUT2D eigenvalue weighted by Gasteiger charge is -2.42. The van der Waals surface area contributed by atoms with Crippen molar-refractivity contribution in [2.24, 2.45) is 5.92 Å². The van der Waals surface area contributed by atoms with Crippen LogP contribution in [0.3, 0.4) is 0 Å². The van der Waals surface area contributed by atoms with Crippen LogP contribution in [0.2, 0.25) is 0 Å². The molecule has 1 saturated carbocycles.